The third-order valence-electron chi connectivity index (χ3n) is 5.49. The Kier molecular flexibility index (Phi) is 6.95. The van der Waals surface area contributed by atoms with Crippen molar-refractivity contribution < 1.29 is 4.79 Å². The van der Waals surface area contributed by atoms with Crippen molar-refractivity contribution in [1.29, 1.82) is 0 Å². The van der Waals surface area contributed by atoms with Crippen LogP contribution in [0.15, 0.2) is 18.2 Å². The maximum Gasteiger partial charge on any atom is 0.223 e. The van der Waals surface area contributed by atoms with Crippen LogP contribution in [-0.4, -0.2) is 39.6 Å². The van der Waals surface area contributed by atoms with Crippen LogP contribution in [-0.2, 0) is 18.5 Å². The normalized spacial score (nSPS) is 16.1. The standard InChI is InChI=1S/C20H29ClN4OS/c1-3-4-5-10-22-19(26)15-8-11-24(12-9-15)14-25-18-13-16(21)6-7-17(18)23(2)20(25)27/h6-7,13,15H,3-5,8-12,14H2,1-2H3,(H,22,26). The van der Waals surface area contributed by atoms with Crippen molar-refractivity contribution in [1.82, 2.24) is 19.4 Å². The van der Waals surface area contributed by atoms with Crippen molar-refractivity contribution in [2.45, 2.75) is 45.7 Å². The molecule has 1 aliphatic rings. The molecule has 7 heteroatoms. The predicted octanol–water partition coefficient (Wildman–Crippen LogP) is 4.34. The number of likely N-dealkylation sites (tertiary alicyclic amines) is 1. The van der Waals surface area contributed by atoms with Gasteiger partial charge in [-0.2, -0.15) is 0 Å². The molecule has 0 bridgehead atoms. The van der Waals surface area contributed by atoms with Gasteiger partial charge in [0.2, 0.25) is 5.91 Å². The Hall–Kier alpha value is -1.37. The molecule has 1 amide bonds. The van der Waals surface area contributed by atoms with Crippen molar-refractivity contribution in [3.63, 3.8) is 0 Å². The number of nitrogens with one attached hydrogen (secondary N) is 1. The van der Waals surface area contributed by atoms with Gasteiger partial charge in [0.25, 0.3) is 0 Å². The first-order chi connectivity index (χ1) is 13.0. The smallest absolute Gasteiger partial charge is 0.223 e. The van der Waals surface area contributed by atoms with Gasteiger partial charge in [-0.1, -0.05) is 31.4 Å². The molecule has 27 heavy (non-hydrogen) atoms. The highest BCUT2D eigenvalue weighted by molar-refractivity contribution is 7.71. The Morgan fingerprint density at radius 3 is 2.70 bits per heavy atom. The number of halogens is 1. The Labute approximate surface area is 171 Å². The molecule has 1 aromatic carbocycles. The molecule has 0 aliphatic carbocycles. The molecule has 1 fully saturated rings. The van der Waals surface area contributed by atoms with Gasteiger partial charge < -0.3 is 14.5 Å². The minimum Gasteiger partial charge on any atom is -0.356 e. The molecule has 1 aromatic heterocycles. The molecule has 148 valence electrons. The molecule has 0 unspecified atom stereocenters. The summed E-state index contributed by atoms with van der Waals surface area (Å²) in [6, 6.07) is 5.88. The van der Waals surface area contributed by atoms with Crippen LogP contribution in [0, 0.1) is 10.7 Å². The zero-order valence-corrected chi connectivity index (χ0v) is 17.8. The predicted molar refractivity (Wildman–Crippen MR) is 114 cm³/mol. The number of carbonyl (C=O) groups is 1. The van der Waals surface area contributed by atoms with E-state index in [9.17, 15) is 4.79 Å². The highest BCUT2D eigenvalue weighted by Crippen LogP contribution is 2.24. The summed E-state index contributed by atoms with van der Waals surface area (Å²) in [5.41, 5.74) is 2.15. The van der Waals surface area contributed by atoms with Gasteiger partial charge in [-0.05, 0) is 49.7 Å². The van der Waals surface area contributed by atoms with E-state index in [1.54, 1.807) is 0 Å². The summed E-state index contributed by atoms with van der Waals surface area (Å²) in [7, 11) is 1.99. The van der Waals surface area contributed by atoms with Crippen LogP contribution in [0.3, 0.4) is 0 Å². The second kappa shape index (κ2) is 9.22. The van der Waals surface area contributed by atoms with E-state index in [4.69, 9.17) is 23.8 Å². The Bertz CT molecular complexity index is 852. The van der Waals surface area contributed by atoms with Crippen LogP contribution in [0.25, 0.3) is 11.0 Å². The Morgan fingerprint density at radius 2 is 2.00 bits per heavy atom. The van der Waals surface area contributed by atoms with Gasteiger partial charge in [-0.3, -0.25) is 9.69 Å². The number of unbranched alkanes of at least 4 members (excludes halogenated alkanes) is 2. The van der Waals surface area contributed by atoms with Gasteiger partial charge in [-0.15, -0.1) is 0 Å². The fourth-order valence-corrected chi connectivity index (χ4v) is 4.21. The van der Waals surface area contributed by atoms with Gasteiger partial charge in [-0.25, -0.2) is 0 Å². The second-order valence-corrected chi connectivity index (χ2v) is 8.24. The summed E-state index contributed by atoms with van der Waals surface area (Å²) in [6.45, 7) is 5.53. The molecule has 0 spiro atoms. The lowest BCUT2D eigenvalue weighted by Gasteiger charge is -2.31. The lowest BCUT2D eigenvalue weighted by Crippen LogP contribution is -2.41. The summed E-state index contributed by atoms with van der Waals surface area (Å²) in [4.78, 5) is 14.7. The molecule has 0 atom stereocenters. The number of piperidine rings is 1. The monoisotopic (exact) mass is 408 g/mol. The molecule has 0 saturated carbocycles. The SMILES string of the molecule is CCCCCNC(=O)C1CCN(Cn2c(=S)n(C)c3ccc(Cl)cc32)CC1. The maximum absolute atomic E-state index is 12.3. The minimum absolute atomic E-state index is 0.137. The zero-order chi connectivity index (χ0) is 19.4. The fourth-order valence-electron chi connectivity index (χ4n) is 3.79. The van der Waals surface area contributed by atoms with Crippen LogP contribution in [0.2, 0.25) is 5.02 Å². The molecule has 3 rings (SSSR count). The van der Waals surface area contributed by atoms with E-state index >= 15 is 0 Å². The van der Waals surface area contributed by atoms with Crippen molar-refractivity contribution in [3.05, 3.63) is 28.0 Å². The van der Waals surface area contributed by atoms with Crippen LogP contribution in [0.4, 0.5) is 0 Å². The average molecular weight is 409 g/mol. The van der Waals surface area contributed by atoms with Crippen molar-refractivity contribution in [2.75, 3.05) is 19.6 Å². The number of amides is 1. The molecule has 1 saturated heterocycles. The van der Waals surface area contributed by atoms with Crippen LogP contribution in [0.5, 0.6) is 0 Å². The van der Waals surface area contributed by atoms with Crippen molar-refractivity contribution in [3.8, 4) is 0 Å². The number of carbonyl (C=O) groups excluding carboxylic acids is 1. The number of hydrogen-bond acceptors (Lipinski definition) is 3. The fraction of sp³-hybridized carbons (Fsp3) is 0.600. The number of hydrogen-bond donors (Lipinski definition) is 1. The van der Waals surface area contributed by atoms with Gasteiger partial charge in [0.15, 0.2) is 4.77 Å². The highest BCUT2D eigenvalue weighted by Gasteiger charge is 2.25. The molecule has 1 N–H and O–H groups in total. The number of fused-ring (bicyclic) bond motifs is 1. The highest BCUT2D eigenvalue weighted by atomic mass is 35.5. The minimum atomic E-state index is 0.137. The quantitative estimate of drug-likeness (QED) is 0.547. The number of imidazole rings is 1. The average Bonchev–Trinajstić information content (AvgIpc) is 2.90. The van der Waals surface area contributed by atoms with E-state index in [0.717, 1.165) is 66.4 Å². The van der Waals surface area contributed by atoms with E-state index in [0.29, 0.717) is 0 Å². The summed E-state index contributed by atoms with van der Waals surface area (Å²) in [6.07, 6.45) is 5.23. The maximum atomic E-state index is 12.3. The summed E-state index contributed by atoms with van der Waals surface area (Å²) in [5.74, 6) is 0.358. The molecule has 1 aliphatic heterocycles. The first-order valence-electron chi connectivity index (χ1n) is 9.86. The first-order valence-corrected chi connectivity index (χ1v) is 10.6. The van der Waals surface area contributed by atoms with E-state index < -0.39 is 0 Å². The van der Waals surface area contributed by atoms with Gasteiger partial charge in [0.05, 0.1) is 17.7 Å². The first kappa shape index (κ1) is 20.4. The Morgan fingerprint density at radius 1 is 1.26 bits per heavy atom. The zero-order valence-electron chi connectivity index (χ0n) is 16.2. The number of rotatable bonds is 7. The lowest BCUT2D eigenvalue weighted by molar-refractivity contribution is -0.126. The number of aryl methyl sites for hydroxylation is 1. The number of benzene rings is 1. The third-order valence-corrected chi connectivity index (χ3v) is 6.22. The molecular formula is C20H29ClN4OS. The van der Waals surface area contributed by atoms with Gasteiger partial charge in [0, 0.05) is 37.6 Å². The van der Waals surface area contributed by atoms with Crippen molar-refractivity contribution >= 4 is 40.8 Å². The van der Waals surface area contributed by atoms with Crippen LogP contribution < -0.4 is 5.32 Å². The molecular weight excluding hydrogens is 380 g/mol. The summed E-state index contributed by atoms with van der Waals surface area (Å²) < 4.78 is 4.96. The Balaban J connectivity index is 1.59. The van der Waals surface area contributed by atoms with Gasteiger partial charge in [0.1, 0.15) is 0 Å². The number of nitrogens with zero attached hydrogens (tertiary/aromatic N) is 3. The topological polar surface area (TPSA) is 42.2 Å². The van der Waals surface area contributed by atoms with E-state index in [-0.39, 0.29) is 11.8 Å². The summed E-state index contributed by atoms with van der Waals surface area (Å²) in [5, 5.41) is 3.82. The molecule has 5 nitrogen and oxygen atoms in total. The van der Waals surface area contributed by atoms with E-state index in [1.165, 1.54) is 12.8 Å². The molecule has 0 radical (unpaired) electrons. The largest absolute Gasteiger partial charge is 0.356 e. The third kappa shape index (κ3) is 4.73. The van der Waals surface area contributed by atoms with E-state index in [2.05, 4.69) is 21.7 Å². The molecule has 2 heterocycles. The van der Waals surface area contributed by atoms with Crippen LogP contribution in [0.1, 0.15) is 39.0 Å². The van der Waals surface area contributed by atoms with Crippen LogP contribution >= 0.6 is 23.8 Å². The van der Waals surface area contributed by atoms with Crippen molar-refractivity contribution in [2.24, 2.45) is 13.0 Å². The number of aromatic nitrogens is 2. The molecule has 2 aromatic rings. The second-order valence-electron chi connectivity index (χ2n) is 7.43. The summed E-state index contributed by atoms with van der Waals surface area (Å²) >= 11 is 11.8. The van der Waals surface area contributed by atoms with Gasteiger partial charge >= 0.3 is 0 Å². The lowest BCUT2D eigenvalue weighted by atomic mass is 9.96. The van der Waals surface area contributed by atoms with E-state index in [1.807, 2.05) is 29.8 Å².